The van der Waals surface area contributed by atoms with Crippen molar-refractivity contribution in [1.29, 1.82) is 0 Å². The van der Waals surface area contributed by atoms with Gasteiger partial charge in [0.15, 0.2) is 5.54 Å². The first-order valence-corrected chi connectivity index (χ1v) is 11.1. The summed E-state index contributed by atoms with van der Waals surface area (Å²) in [6.07, 6.45) is 2.10. The number of fused-ring (bicyclic) bond motifs is 3. The summed E-state index contributed by atoms with van der Waals surface area (Å²) in [6.45, 7) is 0.408. The van der Waals surface area contributed by atoms with Crippen LogP contribution in [-0.4, -0.2) is 62.9 Å². The number of nitrogens with zero attached hydrogens (tertiary/aromatic N) is 1. The number of ether oxygens (including phenoxy) is 1. The summed E-state index contributed by atoms with van der Waals surface area (Å²) in [5.41, 5.74) is 2.91. The van der Waals surface area contributed by atoms with Crippen LogP contribution in [0.3, 0.4) is 0 Å². The Bertz CT molecular complexity index is 1180. The largest absolute Gasteiger partial charge is 0.479 e. The molecule has 0 radical (unpaired) electrons. The Balaban J connectivity index is 1.47. The third-order valence-electron chi connectivity index (χ3n) is 6.12. The Hall–Kier alpha value is -4.18. The lowest BCUT2D eigenvalue weighted by Crippen LogP contribution is -2.60. The van der Waals surface area contributed by atoms with Crippen LogP contribution in [0, 0.1) is 0 Å². The topological polar surface area (TPSA) is 154 Å². The molecule has 35 heavy (non-hydrogen) atoms. The number of benzene rings is 2. The highest BCUT2D eigenvalue weighted by molar-refractivity contribution is 5.91. The van der Waals surface area contributed by atoms with Crippen LogP contribution in [0.2, 0.25) is 0 Å². The zero-order valence-corrected chi connectivity index (χ0v) is 19.0. The average Bonchev–Trinajstić information content (AvgIpc) is 3.48. The Labute approximate surface area is 201 Å². The first-order chi connectivity index (χ1) is 16.8. The number of aliphatic carboxylic acids is 1. The summed E-state index contributed by atoms with van der Waals surface area (Å²) in [5.74, 6) is -2.35. The van der Waals surface area contributed by atoms with Crippen LogP contribution in [0.4, 0.5) is 4.79 Å². The first-order valence-electron chi connectivity index (χ1n) is 11.1. The number of H-pyrrole nitrogens is 1. The second-order valence-electron chi connectivity index (χ2n) is 8.59. The van der Waals surface area contributed by atoms with Gasteiger partial charge in [0.25, 0.3) is 0 Å². The van der Waals surface area contributed by atoms with Gasteiger partial charge in [-0.25, -0.2) is 14.6 Å². The second-order valence-corrected chi connectivity index (χ2v) is 8.59. The van der Waals surface area contributed by atoms with Crippen molar-refractivity contribution in [3.05, 3.63) is 77.9 Å². The van der Waals surface area contributed by atoms with Crippen LogP contribution in [0.5, 0.6) is 0 Å². The molecule has 0 bridgehead atoms. The van der Waals surface area contributed by atoms with E-state index in [-0.39, 0.29) is 18.9 Å². The SMILES string of the molecule is CC(CO)(NC(=O)[C@H](Cc1cnc[nH]1)NC(=O)OCC1c2ccccc2-c2ccccc21)C(=O)O. The molecule has 1 heterocycles. The van der Waals surface area contributed by atoms with Gasteiger partial charge in [0.1, 0.15) is 12.6 Å². The van der Waals surface area contributed by atoms with E-state index in [4.69, 9.17) is 4.74 Å². The molecule has 2 aromatic carbocycles. The Kier molecular flexibility index (Phi) is 6.83. The second kappa shape index (κ2) is 9.98. The maximum atomic E-state index is 12.9. The molecule has 4 rings (SSSR count). The summed E-state index contributed by atoms with van der Waals surface area (Å²) in [6, 6.07) is 14.7. The van der Waals surface area contributed by atoms with Crippen molar-refractivity contribution in [2.24, 2.45) is 0 Å². The van der Waals surface area contributed by atoms with Crippen LogP contribution >= 0.6 is 0 Å². The van der Waals surface area contributed by atoms with E-state index in [0.29, 0.717) is 5.69 Å². The van der Waals surface area contributed by atoms with E-state index in [1.54, 1.807) is 0 Å². The summed E-state index contributed by atoms with van der Waals surface area (Å²) >= 11 is 0. The normalized spacial score (nSPS) is 14.8. The molecule has 10 nitrogen and oxygen atoms in total. The number of aliphatic hydroxyl groups excluding tert-OH is 1. The number of carbonyl (C=O) groups is 3. The molecule has 5 N–H and O–H groups in total. The number of imidazole rings is 1. The number of carboxylic acid groups (broad SMARTS) is 1. The van der Waals surface area contributed by atoms with Crippen LogP contribution in [0.15, 0.2) is 61.1 Å². The van der Waals surface area contributed by atoms with E-state index in [1.807, 2.05) is 48.5 Å². The Morgan fingerprint density at radius 1 is 1.11 bits per heavy atom. The number of aliphatic hydroxyl groups is 1. The predicted molar refractivity (Wildman–Crippen MR) is 126 cm³/mol. The number of carbonyl (C=O) groups excluding carboxylic acids is 2. The van der Waals surface area contributed by atoms with E-state index in [1.165, 1.54) is 19.4 Å². The number of hydrogen-bond acceptors (Lipinski definition) is 6. The molecule has 0 fully saturated rings. The van der Waals surface area contributed by atoms with Gasteiger partial charge >= 0.3 is 12.1 Å². The number of aromatic nitrogens is 2. The predicted octanol–water partition coefficient (Wildman–Crippen LogP) is 1.81. The fourth-order valence-corrected chi connectivity index (χ4v) is 4.13. The number of carboxylic acids is 1. The zero-order valence-electron chi connectivity index (χ0n) is 19.0. The lowest BCUT2D eigenvalue weighted by Gasteiger charge is -2.27. The van der Waals surface area contributed by atoms with E-state index in [9.17, 15) is 24.6 Å². The smallest absolute Gasteiger partial charge is 0.407 e. The minimum atomic E-state index is -1.91. The van der Waals surface area contributed by atoms with Crippen molar-refractivity contribution in [3.63, 3.8) is 0 Å². The first kappa shape index (κ1) is 24.0. The monoisotopic (exact) mass is 478 g/mol. The van der Waals surface area contributed by atoms with E-state index in [2.05, 4.69) is 20.6 Å². The molecule has 0 saturated heterocycles. The fourth-order valence-electron chi connectivity index (χ4n) is 4.13. The summed E-state index contributed by atoms with van der Waals surface area (Å²) in [7, 11) is 0. The van der Waals surface area contributed by atoms with Gasteiger partial charge in [0, 0.05) is 24.2 Å². The molecule has 0 aliphatic heterocycles. The van der Waals surface area contributed by atoms with Gasteiger partial charge in [-0.1, -0.05) is 48.5 Å². The zero-order chi connectivity index (χ0) is 25.0. The van der Waals surface area contributed by atoms with Gasteiger partial charge in [-0.15, -0.1) is 0 Å². The molecule has 1 aromatic heterocycles. The van der Waals surface area contributed by atoms with Crippen molar-refractivity contribution in [1.82, 2.24) is 20.6 Å². The van der Waals surface area contributed by atoms with Crippen molar-refractivity contribution in [2.75, 3.05) is 13.2 Å². The number of hydrogen-bond donors (Lipinski definition) is 5. The van der Waals surface area contributed by atoms with Gasteiger partial charge in [0.05, 0.1) is 12.9 Å². The van der Waals surface area contributed by atoms with Gasteiger partial charge in [-0.2, -0.15) is 0 Å². The lowest BCUT2D eigenvalue weighted by atomic mass is 9.98. The third kappa shape index (κ3) is 5.02. The molecule has 1 aliphatic carbocycles. The quantitative estimate of drug-likeness (QED) is 0.314. The van der Waals surface area contributed by atoms with Crippen LogP contribution in [-0.2, 0) is 20.7 Å². The minimum Gasteiger partial charge on any atom is -0.479 e. The van der Waals surface area contributed by atoms with Crippen LogP contribution in [0.1, 0.15) is 29.7 Å². The van der Waals surface area contributed by atoms with Crippen molar-refractivity contribution in [2.45, 2.75) is 30.8 Å². The van der Waals surface area contributed by atoms with Crippen molar-refractivity contribution >= 4 is 18.0 Å². The van der Waals surface area contributed by atoms with Gasteiger partial charge < -0.3 is 30.6 Å². The molecular formula is C25H26N4O6. The molecule has 2 atom stereocenters. The van der Waals surface area contributed by atoms with Crippen LogP contribution < -0.4 is 10.6 Å². The summed E-state index contributed by atoms with van der Waals surface area (Å²) < 4.78 is 5.52. The molecule has 2 amide bonds. The molecule has 1 aliphatic rings. The maximum Gasteiger partial charge on any atom is 0.407 e. The number of aromatic amines is 1. The number of alkyl carbamates (subject to hydrolysis) is 1. The van der Waals surface area contributed by atoms with Crippen molar-refractivity contribution < 1.29 is 29.3 Å². The highest BCUT2D eigenvalue weighted by atomic mass is 16.5. The summed E-state index contributed by atoms with van der Waals surface area (Å²) in [5, 5.41) is 23.6. The lowest BCUT2D eigenvalue weighted by molar-refractivity contribution is -0.149. The van der Waals surface area contributed by atoms with E-state index < -0.39 is 36.2 Å². The minimum absolute atomic E-state index is 0.0111. The number of nitrogens with one attached hydrogen (secondary N) is 3. The average molecular weight is 479 g/mol. The Morgan fingerprint density at radius 3 is 2.29 bits per heavy atom. The van der Waals surface area contributed by atoms with Crippen molar-refractivity contribution in [3.8, 4) is 11.1 Å². The molecule has 0 saturated carbocycles. The van der Waals surface area contributed by atoms with Gasteiger partial charge in [-0.05, 0) is 29.2 Å². The molecule has 1 unspecified atom stereocenters. The van der Waals surface area contributed by atoms with E-state index >= 15 is 0 Å². The summed E-state index contributed by atoms with van der Waals surface area (Å²) in [4.78, 5) is 43.9. The van der Waals surface area contributed by atoms with E-state index in [0.717, 1.165) is 22.3 Å². The molecule has 3 aromatic rings. The standard InChI is InChI=1S/C25H26N4O6/c1-25(13-30,23(32)33)29-22(31)21(10-15-11-26-14-27-15)28-24(34)35-12-20-18-8-4-2-6-16(18)17-7-3-5-9-19(17)20/h2-9,11,14,20-21,30H,10,12-13H2,1H3,(H,26,27)(H,28,34)(H,29,31)(H,32,33)/t21-,25?/m0/s1. The molecular weight excluding hydrogens is 452 g/mol. The third-order valence-corrected chi connectivity index (χ3v) is 6.12. The Morgan fingerprint density at radius 2 is 1.74 bits per heavy atom. The van der Waals surface area contributed by atoms with Gasteiger partial charge in [-0.3, -0.25) is 4.79 Å². The number of rotatable bonds is 9. The molecule has 182 valence electrons. The van der Waals surface area contributed by atoms with Crippen LogP contribution in [0.25, 0.3) is 11.1 Å². The maximum absolute atomic E-state index is 12.9. The van der Waals surface area contributed by atoms with Gasteiger partial charge in [0.2, 0.25) is 5.91 Å². The fraction of sp³-hybridized carbons (Fsp3) is 0.280. The molecule has 10 heteroatoms. The number of amides is 2. The molecule has 0 spiro atoms. The highest BCUT2D eigenvalue weighted by Crippen LogP contribution is 2.44. The highest BCUT2D eigenvalue weighted by Gasteiger charge is 2.37.